The molecule has 0 saturated carbocycles. The zero-order valence-electron chi connectivity index (χ0n) is 15.9. The summed E-state index contributed by atoms with van der Waals surface area (Å²) in [6.45, 7) is 7.14. The molecule has 9 heteroatoms. The second kappa shape index (κ2) is 9.77. The van der Waals surface area contributed by atoms with Crippen LogP contribution in [0, 0.1) is 0 Å². The lowest BCUT2D eigenvalue weighted by Crippen LogP contribution is -3.14. The molecule has 2 rings (SSSR count). The summed E-state index contributed by atoms with van der Waals surface area (Å²) in [7, 11) is 0. The Balaban J connectivity index is 1.83. The van der Waals surface area contributed by atoms with Gasteiger partial charge in [-0.25, -0.2) is 4.79 Å². The van der Waals surface area contributed by atoms with Gasteiger partial charge in [0.15, 0.2) is 24.6 Å². The van der Waals surface area contributed by atoms with Crippen LogP contribution < -0.4 is 30.3 Å². The summed E-state index contributed by atoms with van der Waals surface area (Å²) in [6.07, 6.45) is 0. The van der Waals surface area contributed by atoms with Gasteiger partial charge in [0.2, 0.25) is 0 Å². The van der Waals surface area contributed by atoms with E-state index in [1.807, 2.05) is 6.92 Å². The third-order valence-corrected chi connectivity index (χ3v) is 3.82. The summed E-state index contributed by atoms with van der Waals surface area (Å²) < 4.78 is 10.9. The van der Waals surface area contributed by atoms with E-state index in [-0.39, 0.29) is 25.0 Å². The van der Waals surface area contributed by atoms with Crippen LogP contribution in [0.15, 0.2) is 18.2 Å². The Hall–Kier alpha value is -2.81. The van der Waals surface area contributed by atoms with Crippen molar-refractivity contribution in [3.63, 3.8) is 0 Å². The molecule has 1 aromatic rings. The fourth-order valence-corrected chi connectivity index (χ4v) is 2.56. The average Bonchev–Trinajstić information content (AvgIpc) is 2.60. The number of imide groups is 1. The largest absolute Gasteiger partial charge is 0.486 e. The molecule has 0 saturated heterocycles. The topological polar surface area (TPSA) is 110 Å². The van der Waals surface area contributed by atoms with Gasteiger partial charge in [0.25, 0.3) is 11.8 Å². The molecule has 0 aromatic heterocycles. The smallest absolute Gasteiger partial charge is 0.321 e. The van der Waals surface area contributed by atoms with E-state index in [2.05, 4.69) is 16.0 Å². The molecule has 1 atom stereocenters. The number of quaternary nitrogens is 1. The standard InChI is InChI=1S/C18H26N4O5/c1-4-22(11-17(24)21-18(25)19-12(2)3)10-16(23)20-13-5-6-14-15(9-13)27-8-7-26-14/h5-6,9,12H,4,7-8,10-11H2,1-3H3,(H,20,23)(H2,19,21,24,25)/p+1. The van der Waals surface area contributed by atoms with Gasteiger partial charge in [0, 0.05) is 17.8 Å². The van der Waals surface area contributed by atoms with Gasteiger partial charge in [-0.2, -0.15) is 0 Å². The van der Waals surface area contributed by atoms with Crippen LogP contribution in [-0.2, 0) is 9.59 Å². The second-order valence-corrected chi connectivity index (χ2v) is 6.54. The van der Waals surface area contributed by atoms with Crippen LogP contribution in [0.1, 0.15) is 20.8 Å². The van der Waals surface area contributed by atoms with Crippen molar-refractivity contribution in [2.45, 2.75) is 26.8 Å². The van der Waals surface area contributed by atoms with E-state index in [0.717, 1.165) is 4.90 Å². The number of carbonyl (C=O) groups excluding carboxylic acids is 3. The van der Waals surface area contributed by atoms with Crippen molar-refractivity contribution in [1.82, 2.24) is 10.6 Å². The Morgan fingerprint density at radius 3 is 2.41 bits per heavy atom. The van der Waals surface area contributed by atoms with Crippen LogP contribution in [0.5, 0.6) is 11.5 Å². The lowest BCUT2D eigenvalue weighted by Gasteiger charge is -2.20. The number of amides is 4. The average molecular weight is 379 g/mol. The first-order chi connectivity index (χ1) is 12.9. The zero-order chi connectivity index (χ0) is 19.8. The van der Waals surface area contributed by atoms with Crippen molar-refractivity contribution in [3.05, 3.63) is 18.2 Å². The van der Waals surface area contributed by atoms with Gasteiger partial charge in [-0.15, -0.1) is 0 Å². The molecule has 1 heterocycles. The number of hydrogen-bond donors (Lipinski definition) is 4. The van der Waals surface area contributed by atoms with Gasteiger partial charge < -0.3 is 25.0 Å². The number of nitrogens with one attached hydrogen (secondary N) is 4. The molecular formula is C18H27N4O5+. The molecule has 27 heavy (non-hydrogen) atoms. The minimum atomic E-state index is -0.536. The number of hydrogen-bond acceptors (Lipinski definition) is 5. The van der Waals surface area contributed by atoms with Crippen LogP contribution in [0.25, 0.3) is 0 Å². The van der Waals surface area contributed by atoms with E-state index in [4.69, 9.17) is 9.47 Å². The molecule has 0 aliphatic carbocycles. The molecule has 4 amide bonds. The molecule has 0 radical (unpaired) electrons. The number of anilines is 1. The third-order valence-electron chi connectivity index (χ3n) is 3.82. The Morgan fingerprint density at radius 2 is 1.74 bits per heavy atom. The monoisotopic (exact) mass is 379 g/mol. The fourth-order valence-electron chi connectivity index (χ4n) is 2.56. The Labute approximate surface area is 158 Å². The maximum absolute atomic E-state index is 12.3. The fraction of sp³-hybridized carbons (Fsp3) is 0.500. The molecule has 9 nitrogen and oxygen atoms in total. The normalized spacial score (nSPS) is 13.6. The predicted molar refractivity (Wildman–Crippen MR) is 99.1 cm³/mol. The summed E-state index contributed by atoms with van der Waals surface area (Å²) in [5.74, 6) is 0.575. The highest BCUT2D eigenvalue weighted by molar-refractivity contribution is 5.95. The lowest BCUT2D eigenvalue weighted by atomic mass is 10.2. The van der Waals surface area contributed by atoms with Gasteiger partial charge >= 0.3 is 6.03 Å². The van der Waals surface area contributed by atoms with Crippen molar-refractivity contribution in [2.75, 3.05) is 38.2 Å². The summed E-state index contributed by atoms with van der Waals surface area (Å²) in [4.78, 5) is 36.5. The van der Waals surface area contributed by atoms with Gasteiger partial charge in [0.1, 0.15) is 13.2 Å². The molecule has 0 fully saturated rings. The summed E-state index contributed by atoms with van der Waals surface area (Å²) in [6, 6.07) is 4.59. The summed E-state index contributed by atoms with van der Waals surface area (Å²) in [5.41, 5.74) is 0.598. The maximum atomic E-state index is 12.3. The first kappa shape index (κ1) is 20.5. The minimum absolute atomic E-state index is 0.0244. The SMILES string of the molecule is CC[NH+](CC(=O)NC(=O)NC(C)C)CC(=O)Nc1ccc2c(c1)OCCO2. The second-order valence-electron chi connectivity index (χ2n) is 6.54. The molecule has 4 N–H and O–H groups in total. The van der Waals surface area contributed by atoms with Crippen LogP contribution in [0.4, 0.5) is 10.5 Å². The number of urea groups is 1. The number of likely N-dealkylation sites (N-methyl/N-ethyl adjacent to an activating group) is 1. The number of benzene rings is 1. The Bertz CT molecular complexity index is 692. The van der Waals surface area contributed by atoms with Gasteiger partial charge in [0.05, 0.1) is 6.54 Å². The van der Waals surface area contributed by atoms with Crippen molar-refractivity contribution < 1.29 is 28.8 Å². The highest BCUT2D eigenvalue weighted by Gasteiger charge is 2.19. The quantitative estimate of drug-likeness (QED) is 0.512. The van der Waals surface area contributed by atoms with Crippen molar-refractivity contribution >= 4 is 23.5 Å². The number of fused-ring (bicyclic) bond motifs is 1. The van der Waals surface area contributed by atoms with Crippen LogP contribution in [0.3, 0.4) is 0 Å². The van der Waals surface area contributed by atoms with Gasteiger partial charge in [-0.1, -0.05) is 0 Å². The lowest BCUT2D eigenvalue weighted by molar-refractivity contribution is -0.881. The van der Waals surface area contributed by atoms with Crippen LogP contribution in [-0.4, -0.2) is 56.7 Å². The number of ether oxygens (including phenoxy) is 2. The van der Waals surface area contributed by atoms with E-state index < -0.39 is 11.9 Å². The van der Waals surface area contributed by atoms with E-state index >= 15 is 0 Å². The van der Waals surface area contributed by atoms with Crippen molar-refractivity contribution in [2.24, 2.45) is 0 Å². The van der Waals surface area contributed by atoms with E-state index in [1.165, 1.54) is 0 Å². The molecule has 0 spiro atoms. The van der Waals surface area contributed by atoms with Gasteiger partial charge in [-0.05, 0) is 32.9 Å². The molecule has 1 unspecified atom stereocenters. The molecule has 148 valence electrons. The van der Waals surface area contributed by atoms with E-state index in [1.54, 1.807) is 32.0 Å². The predicted octanol–water partition coefficient (Wildman–Crippen LogP) is -0.465. The molecular weight excluding hydrogens is 352 g/mol. The Kier molecular flexibility index (Phi) is 7.42. The van der Waals surface area contributed by atoms with Crippen molar-refractivity contribution in [1.29, 1.82) is 0 Å². The zero-order valence-corrected chi connectivity index (χ0v) is 15.9. The summed E-state index contributed by atoms with van der Waals surface area (Å²) >= 11 is 0. The molecule has 1 aromatic carbocycles. The molecule has 1 aliphatic rings. The number of rotatable bonds is 7. The molecule has 1 aliphatic heterocycles. The first-order valence-electron chi connectivity index (χ1n) is 9.00. The van der Waals surface area contributed by atoms with E-state index in [9.17, 15) is 14.4 Å². The Morgan fingerprint density at radius 1 is 1.07 bits per heavy atom. The summed E-state index contributed by atoms with van der Waals surface area (Å²) in [5, 5.41) is 7.63. The highest BCUT2D eigenvalue weighted by Crippen LogP contribution is 2.32. The van der Waals surface area contributed by atoms with Crippen molar-refractivity contribution in [3.8, 4) is 11.5 Å². The third kappa shape index (κ3) is 6.78. The van der Waals surface area contributed by atoms with Crippen LogP contribution >= 0.6 is 0 Å². The minimum Gasteiger partial charge on any atom is -0.486 e. The van der Waals surface area contributed by atoms with Gasteiger partial charge in [-0.3, -0.25) is 14.9 Å². The number of carbonyl (C=O) groups is 3. The maximum Gasteiger partial charge on any atom is 0.321 e. The van der Waals surface area contributed by atoms with E-state index in [0.29, 0.717) is 36.9 Å². The molecule has 0 bridgehead atoms. The van der Waals surface area contributed by atoms with Crippen LogP contribution in [0.2, 0.25) is 0 Å². The first-order valence-corrected chi connectivity index (χ1v) is 9.00. The highest BCUT2D eigenvalue weighted by atomic mass is 16.6.